The van der Waals surface area contributed by atoms with E-state index in [0.717, 1.165) is 27.2 Å². The fourth-order valence-electron chi connectivity index (χ4n) is 4.55. The normalized spacial score (nSPS) is 15.4. The van der Waals surface area contributed by atoms with Gasteiger partial charge in [0.05, 0.1) is 10.6 Å². The van der Waals surface area contributed by atoms with Crippen molar-refractivity contribution in [2.24, 2.45) is 0 Å². The van der Waals surface area contributed by atoms with Crippen LogP contribution in [-0.2, 0) is 26.2 Å². The molecule has 0 saturated carbocycles. The number of rotatable bonds is 10. The number of carbonyl (C=O) groups is 2. The molecule has 4 rings (SSSR count). The van der Waals surface area contributed by atoms with Crippen molar-refractivity contribution in [1.29, 1.82) is 0 Å². The minimum atomic E-state index is -3.68. The van der Waals surface area contributed by atoms with Crippen LogP contribution in [0.1, 0.15) is 45.6 Å². The molecule has 2 amide bonds. The van der Waals surface area contributed by atoms with Crippen molar-refractivity contribution in [2.75, 3.05) is 10.8 Å². The summed E-state index contributed by atoms with van der Waals surface area (Å²) in [6.45, 7) is 6.12. The second kappa shape index (κ2) is 11.2. The van der Waals surface area contributed by atoms with Gasteiger partial charge in [-0.25, -0.2) is 8.42 Å². The third-order valence-electron chi connectivity index (χ3n) is 6.87. The second-order valence-corrected chi connectivity index (χ2v) is 12.2. The quantitative estimate of drug-likeness (QED) is 0.353. The number of benzene rings is 3. The Hall–Kier alpha value is -2.91. The molecular formula is C28H32BrN3O4S. The van der Waals surface area contributed by atoms with Crippen LogP contribution in [0.4, 0.5) is 5.69 Å². The largest absolute Gasteiger partial charge is 0.352 e. The second-order valence-electron chi connectivity index (χ2n) is 9.45. The van der Waals surface area contributed by atoms with Gasteiger partial charge in [-0.15, -0.1) is 0 Å². The van der Waals surface area contributed by atoms with E-state index in [1.807, 2.05) is 56.3 Å². The molecule has 0 fully saturated rings. The average Bonchev–Trinajstić information content (AvgIpc) is 3.10. The van der Waals surface area contributed by atoms with E-state index in [-0.39, 0.29) is 37.4 Å². The first-order valence-corrected chi connectivity index (χ1v) is 14.8. The Morgan fingerprint density at radius 2 is 1.70 bits per heavy atom. The van der Waals surface area contributed by atoms with Crippen LogP contribution in [0.2, 0.25) is 0 Å². The summed E-state index contributed by atoms with van der Waals surface area (Å²) in [7, 11) is -3.68. The van der Waals surface area contributed by atoms with Crippen LogP contribution in [-0.4, -0.2) is 43.8 Å². The summed E-state index contributed by atoms with van der Waals surface area (Å²) in [5, 5.41) is 4.56. The van der Waals surface area contributed by atoms with Crippen molar-refractivity contribution in [3.05, 3.63) is 70.7 Å². The highest BCUT2D eigenvalue weighted by molar-refractivity contribution is 9.10. The number of hydrogen-bond donors (Lipinski definition) is 1. The van der Waals surface area contributed by atoms with Gasteiger partial charge in [0.15, 0.2) is 0 Å². The number of hydrogen-bond acceptors (Lipinski definition) is 4. The number of anilines is 1. The van der Waals surface area contributed by atoms with E-state index >= 15 is 0 Å². The molecule has 1 aliphatic heterocycles. The molecule has 7 nitrogen and oxygen atoms in total. The summed E-state index contributed by atoms with van der Waals surface area (Å²) in [6, 6.07) is 17.8. The first-order chi connectivity index (χ1) is 17.6. The maximum absolute atomic E-state index is 13.4. The molecule has 9 heteroatoms. The van der Waals surface area contributed by atoms with Gasteiger partial charge in [0.25, 0.3) is 10.0 Å². The first-order valence-electron chi connectivity index (χ1n) is 12.5. The molecule has 3 aromatic carbocycles. The third-order valence-corrected chi connectivity index (χ3v) is 9.25. The number of nitrogens with one attached hydrogen (secondary N) is 1. The Morgan fingerprint density at radius 1 is 1.03 bits per heavy atom. The number of halogens is 1. The fraction of sp³-hybridized carbons (Fsp3) is 0.357. The molecule has 0 saturated heterocycles. The van der Waals surface area contributed by atoms with Crippen molar-refractivity contribution in [2.45, 2.75) is 63.6 Å². The number of carbonyl (C=O) groups excluding carboxylic acids is 2. The zero-order valence-corrected chi connectivity index (χ0v) is 23.7. The Labute approximate surface area is 227 Å². The smallest absolute Gasteiger partial charge is 0.265 e. The zero-order valence-electron chi connectivity index (χ0n) is 21.3. The van der Waals surface area contributed by atoms with Crippen molar-refractivity contribution < 1.29 is 18.0 Å². The Bertz CT molecular complexity index is 1400. The molecule has 0 aliphatic carbocycles. The minimum Gasteiger partial charge on any atom is -0.352 e. The van der Waals surface area contributed by atoms with Crippen molar-refractivity contribution in [1.82, 2.24) is 10.2 Å². The third kappa shape index (κ3) is 5.67. The standard InChI is InChI=1S/C28H32BrN3O4S/c1-4-19(2)30-28(34)20(3)31(18-21-13-15-23(29)16-14-21)26(33)12-7-17-32-24-10-5-8-22-9-6-11-25(27(22)24)37(32,35)36/h5-6,8-11,13-16,19-20H,4,7,12,17-18H2,1-3H3,(H,30,34). The van der Waals surface area contributed by atoms with Crippen LogP contribution in [0.5, 0.6) is 0 Å². The van der Waals surface area contributed by atoms with Crippen molar-refractivity contribution in [3.63, 3.8) is 0 Å². The minimum absolute atomic E-state index is 0.00398. The maximum atomic E-state index is 13.4. The van der Waals surface area contributed by atoms with E-state index in [9.17, 15) is 18.0 Å². The molecule has 2 atom stereocenters. The number of sulfonamides is 1. The van der Waals surface area contributed by atoms with E-state index in [2.05, 4.69) is 21.2 Å². The van der Waals surface area contributed by atoms with Gasteiger partial charge in [-0.2, -0.15) is 0 Å². The lowest BCUT2D eigenvalue weighted by atomic mass is 10.1. The summed E-state index contributed by atoms with van der Waals surface area (Å²) in [5.41, 5.74) is 1.55. The van der Waals surface area contributed by atoms with Crippen LogP contribution >= 0.6 is 15.9 Å². The molecule has 37 heavy (non-hydrogen) atoms. The molecule has 0 aromatic heterocycles. The van der Waals surface area contributed by atoms with Gasteiger partial charge in [-0.3, -0.25) is 13.9 Å². The molecule has 1 aliphatic rings. The lowest BCUT2D eigenvalue weighted by molar-refractivity contribution is -0.140. The van der Waals surface area contributed by atoms with Gasteiger partial charge in [-0.05, 0) is 61.9 Å². The number of nitrogens with zero attached hydrogens (tertiary/aromatic N) is 2. The number of amides is 2. The molecule has 0 spiro atoms. The van der Waals surface area contributed by atoms with Crippen LogP contribution < -0.4 is 9.62 Å². The van der Waals surface area contributed by atoms with E-state index in [4.69, 9.17) is 0 Å². The molecular weight excluding hydrogens is 554 g/mol. The average molecular weight is 587 g/mol. The van der Waals surface area contributed by atoms with Crippen LogP contribution in [0.3, 0.4) is 0 Å². The molecule has 0 radical (unpaired) electrons. The highest BCUT2D eigenvalue weighted by Gasteiger charge is 2.35. The van der Waals surface area contributed by atoms with Gasteiger partial charge in [0, 0.05) is 35.4 Å². The van der Waals surface area contributed by atoms with Crippen LogP contribution in [0, 0.1) is 0 Å². The predicted molar refractivity (Wildman–Crippen MR) is 150 cm³/mol. The van der Waals surface area contributed by atoms with Gasteiger partial charge in [0.2, 0.25) is 11.8 Å². The Kier molecular flexibility index (Phi) is 8.23. The van der Waals surface area contributed by atoms with Crippen molar-refractivity contribution >= 4 is 54.2 Å². The fourth-order valence-corrected chi connectivity index (χ4v) is 6.56. The van der Waals surface area contributed by atoms with Crippen molar-refractivity contribution in [3.8, 4) is 0 Å². The van der Waals surface area contributed by atoms with Gasteiger partial charge in [-0.1, -0.05) is 59.3 Å². The lowest BCUT2D eigenvalue weighted by Crippen LogP contribution is -2.49. The summed E-state index contributed by atoms with van der Waals surface area (Å²) in [6.07, 6.45) is 1.24. The summed E-state index contributed by atoms with van der Waals surface area (Å²) in [4.78, 5) is 28.2. The molecule has 1 N–H and O–H groups in total. The maximum Gasteiger partial charge on any atom is 0.265 e. The van der Waals surface area contributed by atoms with E-state index in [1.165, 1.54) is 4.31 Å². The highest BCUT2D eigenvalue weighted by Crippen LogP contribution is 2.42. The monoisotopic (exact) mass is 585 g/mol. The van der Waals surface area contributed by atoms with E-state index < -0.39 is 16.1 Å². The first kappa shape index (κ1) is 27.1. The molecule has 1 heterocycles. The summed E-state index contributed by atoms with van der Waals surface area (Å²) >= 11 is 3.43. The van der Waals surface area contributed by atoms with Crippen LogP contribution in [0.15, 0.2) is 70.0 Å². The summed E-state index contributed by atoms with van der Waals surface area (Å²) < 4.78 is 28.8. The predicted octanol–water partition coefficient (Wildman–Crippen LogP) is 5.22. The molecule has 196 valence electrons. The molecule has 3 aromatic rings. The van der Waals surface area contributed by atoms with Gasteiger partial charge in [0.1, 0.15) is 6.04 Å². The highest BCUT2D eigenvalue weighted by atomic mass is 79.9. The van der Waals surface area contributed by atoms with E-state index in [1.54, 1.807) is 30.0 Å². The summed E-state index contributed by atoms with van der Waals surface area (Å²) in [5.74, 6) is -0.397. The zero-order chi connectivity index (χ0) is 26.7. The molecule has 2 unspecified atom stereocenters. The molecule has 0 bridgehead atoms. The Balaban J connectivity index is 1.49. The van der Waals surface area contributed by atoms with Gasteiger partial charge >= 0.3 is 0 Å². The van der Waals surface area contributed by atoms with E-state index in [0.29, 0.717) is 17.0 Å². The Morgan fingerprint density at radius 3 is 2.38 bits per heavy atom. The van der Waals surface area contributed by atoms with Gasteiger partial charge < -0.3 is 10.2 Å². The topological polar surface area (TPSA) is 86.8 Å². The SMILES string of the molecule is CCC(C)NC(=O)C(C)N(Cc1ccc(Br)cc1)C(=O)CCCN1c2cccc3cccc(c23)S1(=O)=O. The van der Waals surface area contributed by atoms with Crippen LogP contribution in [0.25, 0.3) is 10.8 Å². The lowest BCUT2D eigenvalue weighted by Gasteiger charge is -2.30.